The Balaban J connectivity index is 2.45. The Hall–Kier alpha value is -2.10. The summed E-state index contributed by atoms with van der Waals surface area (Å²) in [5.41, 5.74) is 0.621. The van der Waals surface area contributed by atoms with E-state index in [0.29, 0.717) is 10.9 Å². The van der Waals surface area contributed by atoms with Crippen LogP contribution >= 0.6 is 0 Å². The van der Waals surface area contributed by atoms with Crippen molar-refractivity contribution in [3.63, 3.8) is 0 Å². The molecule has 0 amide bonds. The number of rotatable bonds is 2. The smallest absolute Gasteiger partial charge is 0.302 e. The van der Waals surface area contributed by atoms with E-state index in [-0.39, 0.29) is 17.7 Å². The molecule has 0 radical (unpaired) electrons. The fraction of sp³-hybridized carbons (Fsp3) is 0.154. The molecule has 0 aliphatic carbocycles. The number of fused-ring (bicyclic) bond motifs is 1. The van der Waals surface area contributed by atoms with Crippen LogP contribution in [0.3, 0.4) is 0 Å². The molecule has 0 unspecified atom stereocenters. The topological polar surface area (TPSA) is 46.5 Å². The highest BCUT2D eigenvalue weighted by Gasteiger charge is 2.08. The van der Waals surface area contributed by atoms with E-state index in [0.717, 1.165) is 0 Å². The van der Waals surface area contributed by atoms with Crippen LogP contribution < -0.4 is 0 Å². The maximum atomic E-state index is 13.4. The Kier molecular flexibility index (Phi) is 2.95. The monoisotopic (exact) mass is 234 g/mol. The number of hydrogen-bond acceptors (Lipinski definition) is 3. The molecule has 4 heteroatoms. The Morgan fingerprint density at radius 3 is 2.88 bits per heavy atom. The number of esters is 1. The van der Waals surface area contributed by atoms with Crippen molar-refractivity contribution in [1.29, 1.82) is 0 Å². The molecule has 0 aromatic heterocycles. The summed E-state index contributed by atoms with van der Waals surface area (Å²) in [7, 11) is 0. The molecule has 0 saturated heterocycles. The Labute approximate surface area is 97.4 Å². The molecule has 0 fully saturated rings. The zero-order valence-corrected chi connectivity index (χ0v) is 9.24. The molecule has 0 saturated carbocycles. The van der Waals surface area contributed by atoms with E-state index in [1.165, 1.54) is 19.1 Å². The standard InChI is InChI=1S/C13H11FO3/c1-8(15)17-7-9-5-10-3-2-4-11(14)13(10)12(16)6-9/h2-6,16H,7H2,1H3. The molecule has 2 rings (SSSR count). The van der Waals surface area contributed by atoms with Crippen molar-refractivity contribution in [2.24, 2.45) is 0 Å². The predicted octanol–water partition coefficient (Wildman–Crippen LogP) is 2.75. The molecular weight excluding hydrogens is 223 g/mol. The van der Waals surface area contributed by atoms with Gasteiger partial charge in [-0.05, 0) is 29.1 Å². The van der Waals surface area contributed by atoms with Crippen LogP contribution in [0.15, 0.2) is 30.3 Å². The van der Waals surface area contributed by atoms with Crippen LogP contribution in [0.2, 0.25) is 0 Å². The highest BCUT2D eigenvalue weighted by molar-refractivity contribution is 5.89. The normalized spacial score (nSPS) is 10.5. The summed E-state index contributed by atoms with van der Waals surface area (Å²) in [6.45, 7) is 1.37. The third-order valence-corrected chi connectivity index (χ3v) is 2.41. The van der Waals surface area contributed by atoms with Gasteiger partial charge in [-0.15, -0.1) is 0 Å². The summed E-state index contributed by atoms with van der Waals surface area (Å²) in [5.74, 6) is -1.02. The van der Waals surface area contributed by atoms with E-state index in [1.54, 1.807) is 18.2 Å². The van der Waals surface area contributed by atoms with Crippen LogP contribution in [0.25, 0.3) is 10.8 Å². The summed E-state index contributed by atoms with van der Waals surface area (Å²) in [6, 6.07) is 7.62. The average molecular weight is 234 g/mol. The first-order valence-corrected chi connectivity index (χ1v) is 5.11. The number of halogens is 1. The first-order valence-electron chi connectivity index (χ1n) is 5.11. The minimum Gasteiger partial charge on any atom is -0.507 e. The lowest BCUT2D eigenvalue weighted by Gasteiger charge is -2.07. The second-order valence-electron chi connectivity index (χ2n) is 3.73. The van der Waals surface area contributed by atoms with Gasteiger partial charge in [0.15, 0.2) is 0 Å². The third-order valence-electron chi connectivity index (χ3n) is 2.41. The van der Waals surface area contributed by atoms with Crippen molar-refractivity contribution >= 4 is 16.7 Å². The highest BCUT2D eigenvalue weighted by atomic mass is 19.1. The molecule has 88 valence electrons. The van der Waals surface area contributed by atoms with Crippen molar-refractivity contribution < 1.29 is 19.0 Å². The summed E-state index contributed by atoms with van der Waals surface area (Å²) in [4.78, 5) is 10.7. The van der Waals surface area contributed by atoms with Crippen LogP contribution in [-0.4, -0.2) is 11.1 Å². The number of ether oxygens (including phenoxy) is 1. The molecule has 0 aliphatic rings. The molecule has 0 spiro atoms. The van der Waals surface area contributed by atoms with Gasteiger partial charge in [0.1, 0.15) is 18.2 Å². The van der Waals surface area contributed by atoms with Gasteiger partial charge in [-0.25, -0.2) is 4.39 Å². The Morgan fingerprint density at radius 2 is 2.18 bits per heavy atom. The summed E-state index contributed by atoms with van der Waals surface area (Å²) >= 11 is 0. The maximum absolute atomic E-state index is 13.4. The molecular formula is C13H11FO3. The first kappa shape index (κ1) is 11.4. The van der Waals surface area contributed by atoms with E-state index < -0.39 is 11.8 Å². The predicted molar refractivity (Wildman–Crippen MR) is 61.0 cm³/mol. The molecule has 0 aliphatic heterocycles. The SMILES string of the molecule is CC(=O)OCc1cc(O)c2c(F)cccc2c1. The zero-order valence-electron chi connectivity index (χ0n) is 9.24. The van der Waals surface area contributed by atoms with E-state index in [4.69, 9.17) is 4.74 Å². The van der Waals surface area contributed by atoms with Gasteiger partial charge in [-0.2, -0.15) is 0 Å². The van der Waals surface area contributed by atoms with Gasteiger partial charge in [-0.3, -0.25) is 4.79 Å². The van der Waals surface area contributed by atoms with Crippen molar-refractivity contribution in [3.05, 3.63) is 41.7 Å². The van der Waals surface area contributed by atoms with Crippen LogP contribution in [-0.2, 0) is 16.1 Å². The quantitative estimate of drug-likeness (QED) is 0.813. The van der Waals surface area contributed by atoms with E-state index in [2.05, 4.69) is 0 Å². The lowest BCUT2D eigenvalue weighted by atomic mass is 10.1. The van der Waals surface area contributed by atoms with E-state index in [9.17, 15) is 14.3 Å². The van der Waals surface area contributed by atoms with Crippen LogP contribution in [0, 0.1) is 5.82 Å². The maximum Gasteiger partial charge on any atom is 0.302 e. The summed E-state index contributed by atoms with van der Waals surface area (Å²) in [5, 5.41) is 10.5. The van der Waals surface area contributed by atoms with Gasteiger partial charge in [0.2, 0.25) is 0 Å². The molecule has 17 heavy (non-hydrogen) atoms. The molecule has 1 N–H and O–H groups in total. The van der Waals surface area contributed by atoms with Gasteiger partial charge in [0.25, 0.3) is 0 Å². The number of carbonyl (C=O) groups excluding carboxylic acids is 1. The zero-order chi connectivity index (χ0) is 12.4. The van der Waals surface area contributed by atoms with Crippen LogP contribution in [0.4, 0.5) is 4.39 Å². The molecule has 0 atom stereocenters. The third kappa shape index (κ3) is 2.36. The van der Waals surface area contributed by atoms with Crippen LogP contribution in [0.5, 0.6) is 5.75 Å². The van der Waals surface area contributed by atoms with Gasteiger partial charge in [-0.1, -0.05) is 12.1 Å². The number of benzene rings is 2. The van der Waals surface area contributed by atoms with Gasteiger partial charge in [0.05, 0.1) is 5.39 Å². The van der Waals surface area contributed by atoms with Gasteiger partial charge >= 0.3 is 5.97 Å². The molecule has 0 heterocycles. The van der Waals surface area contributed by atoms with Crippen molar-refractivity contribution in [3.8, 4) is 5.75 Å². The molecule has 0 bridgehead atoms. The van der Waals surface area contributed by atoms with Crippen LogP contribution in [0.1, 0.15) is 12.5 Å². The average Bonchev–Trinajstić information content (AvgIpc) is 2.26. The molecule has 2 aromatic carbocycles. The first-order chi connectivity index (χ1) is 8.08. The summed E-state index contributed by atoms with van der Waals surface area (Å²) < 4.78 is 18.3. The fourth-order valence-electron chi connectivity index (χ4n) is 1.69. The summed E-state index contributed by atoms with van der Waals surface area (Å²) in [6.07, 6.45) is 0. The Bertz CT molecular complexity index is 578. The second kappa shape index (κ2) is 4.41. The number of aromatic hydroxyl groups is 1. The van der Waals surface area contributed by atoms with Crippen molar-refractivity contribution in [2.75, 3.05) is 0 Å². The van der Waals surface area contributed by atoms with E-state index in [1.807, 2.05) is 0 Å². The minimum atomic E-state index is -0.473. The second-order valence-corrected chi connectivity index (χ2v) is 3.73. The lowest BCUT2D eigenvalue weighted by molar-refractivity contribution is -0.142. The highest BCUT2D eigenvalue weighted by Crippen LogP contribution is 2.29. The molecule has 2 aromatic rings. The van der Waals surface area contributed by atoms with Crippen molar-refractivity contribution in [1.82, 2.24) is 0 Å². The number of phenolic OH excluding ortho intramolecular Hbond substituents is 1. The number of phenols is 1. The Morgan fingerprint density at radius 1 is 1.41 bits per heavy atom. The molecule has 3 nitrogen and oxygen atoms in total. The van der Waals surface area contributed by atoms with Crippen molar-refractivity contribution in [2.45, 2.75) is 13.5 Å². The van der Waals surface area contributed by atoms with Gasteiger partial charge in [0, 0.05) is 6.92 Å². The number of hydrogen-bond donors (Lipinski definition) is 1. The fourth-order valence-corrected chi connectivity index (χ4v) is 1.69. The largest absolute Gasteiger partial charge is 0.507 e. The van der Waals surface area contributed by atoms with E-state index >= 15 is 0 Å². The minimum absolute atomic E-state index is 0.0648. The number of carbonyl (C=O) groups is 1. The van der Waals surface area contributed by atoms with Gasteiger partial charge < -0.3 is 9.84 Å². The lowest BCUT2D eigenvalue weighted by Crippen LogP contribution is -1.98.